The monoisotopic (exact) mass is 360 g/mol. The number of benzene rings is 1. The van der Waals surface area contributed by atoms with Gasteiger partial charge in [0.05, 0.1) is 12.7 Å². The zero-order valence-electron chi connectivity index (χ0n) is 16.0. The van der Waals surface area contributed by atoms with E-state index in [0.29, 0.717) is 11.8 Å². The van der Waals surface area contributed by atoms with Gasteiger partial charge < -0.3 is 20.4 Å². The van der Waals surface area contributed by atoms with Crippen molar-refractivity contribution in [3.8, 4) is 0 Å². The Morgan fingerprint density at radius 3 is 2.46 bits per heavy atom. The second-order valence-corrected chi connectivity index (χ2v) is 8.21. The van der Waals surface area contributed by atoms with Gasteiger partial charge in [-0.05, 0) is 62.7 Å². The van der Waals surface area contributed by atoms with Crippen LogP contribution in [0.25, 0.3) is 0 Å². The summed E-state index contributed by atoms with van der Waals surface area (Å²) in [4.78, 5) is 2.48. The van der Waals surface area contributed by atoms with E-state index in [9.17, 15) is 10.2 Å². The topological polar surface area (TPSA) is 55.7 Å². The number of hydrogen-bond donors (Lipinski definition) is 3. The first kappa shape index (κ1) is 19.8. The zero-order valence-corrected chi connectivity index (χ0v) is 16.0. The molecule has 1 aliphatic carbocycles. The maximum Gasteiger partial charge on any atom is 0.0821 e. The highest BCUT2D eigenvalue weighted by molar-refractivity contribution is 5.18. The Kier molecular flexibility index (Phi) is 7.93. The highest BCUT2D eigenvalue weighted by Gasteiger charge is 2.32. The maximum atomic E-state index is 10.9. The quantitative estimate of drug-likeness (QED) is 0.667. The van der Waals surface area contributed by atoms with E-state index in [1.807, 2.05) is 30.3 Å². The molecule has 0 amide bonds. The molecule has 2 fully saturated rings. The summed E-state index contributed by atoms with van der Waals surface area (Å²) in [5.41, 5.74) is 1.04. The predicted octanol–water partition coefficient (Wildman–Crippen LogP) is 2.96. The summed E-state index contributed by atoms with van der Waals surface area (Å²) in [6, 6.07) is 10.2. The molecule has 1 aliphatic heterocycles. The van der Waals surface area contributed by atoms with Crippen LogP contribution in [0.2, 0.25) is 0 Å². The van der Waals surface area contributed by atoms with E-state index in [4.69, 9.17) is 0 Å². The first-order valence-corrected chi connectivity index (χ1v) is 10.6. The van der Waals surface area contributed by atoms with Gasteiger partial charge in [0.15, 0.2) is 0 Å². The molecule has 0 bridgehead atoms. The van der Waals surface area contributed by atoms with Gasteiger partial charge in [-0.3, -0.25) is 0 Å². The van der Waals surface area contributed by atoms with Crippen LogP contribution in [0.1, 0.15) is 56.6 Å². The highest BCUT2D eigenvalue weighted by Crippen LogP contribution is 2.38. The third-order valence-electron chi connectivity index (χ3n) is 6.33. The van der Waals surface area contributed by atoms with E-state index in [1.54, 1.807) is 0 Å². The van der Waals surface area contributed by atoms with Crippen LogP contribution in [-0.4, -0.2) is 53.9 Å². The molecule has 1 saturated carbocycles. The van der Waals surface area contributed by atoms with Crippen LogP contribution in [0.4, 0.5) is 0 Å². The molecule has 0 spiro atoms. The van der Waals surface area contributed by atoms with Crippen LogP contribution in [0.15, 0.2) is 30.3 Å². The van der Waals surface area contributed by atoms with Crippen LogP contribution >= 0.6 is 0 Å². The Bertz CT molecular complexity index is 504. The number of rotatable bonds is 8. The van der Waals surface area contributed by atoms with Gasteiger partial charge in [-0.1, -0.05) is 49.6 Å². The summed E-state index contributed by atoms with van der Waals surface area (Å²) in [5, 5.41) is 24.3. The van der Waals surface area contributed by atoms with Crippen LogP contribution in [0, 0.1) is 11.8 Å². The van der Waals surface area contributed by atoms with Crippen molar-refractivity contribution >= 4 is 0 Å². The summed E-state index contributed by atoms with van der Waals surface area (Å²) in [5.74, 6) is 0.794. The van der Waals surface area contributed by atoms with Crippen molar-refractivity contribution in [3.63, 3.8) is 0 Å². The molecule has 0 aromatic heterocycles. The molecule has 2 unspecified atom stereocenters. The molecule has 1 saturated heterocycles. The number of aliphatic hydroxyl groups excluding tert-OH is 2. The lowest BCUT2D eigenvalue weighted by atomic mass is 9.74. The van der Waals surface area contributed by atoms with Crippen molar-refractivity contribution in [2.75, 3.05) is 32.8 Å². The Morgan fingerprint density at radius 2 is 1.73 bits per heavy atom. The third kappa shape index (κ3) is 5.53. The molecule has 3 rings (SSSR count). The molecule has 1 heterocycles. The summed E-state index contributed by atoms with van der Waals surface area (Å²) in [7, 11) is 0. The fourth-order valence-electron chi connectivity index (χ4n) is 4.76. The van der Waals surface area contributed by atoms with Crippen molar-refractivity contribution in [1.82, 2.24) is 10.2 Å². The molecule has 26 heavy (non-hydrogen) atoms. The van der Waals surface area contributed by atoms with Gasteiger partial charge in [0.2, 0.25) is 0 Å². The van der Waals surface area contributed by atoms with Crippen LogP contribution in [0.3, 0.4) is 0 Å². The molecule has 146 valence electrons. The third-order valence-corrected chi connectivity index (χ3v) is 6.33. The van der Waals surface area contributed by atoms with Gasteiger partial charge >= 0.3 is 0 Å². The van der Waals surface area contributed by atoms with E-state index < -0.39 is 0 Å². The SMILES string of the molecule is OCC(CN1CCCCC1)NC[C@H]1CCCC[C@@H]1C(O)c1ccccc1. The smallest absolute Gasteiger partial charge is 0.0821 e. The molecule has 2 aliphatic rings. The van der Waals surface area contributed by atoms with Gasteiger partial charge in [-0.2, -0.15) is 0 Å². The van der Waals surface area contributed by atoms with Crippen LogP contribution < -0.4 is 5.32 Å². The van der Waals surface area contributed by atoms with Crippen LogP contribution in [0.5, 0.6) is 0 Å². The summed E-state index contributed by atoms with van der Waals surface area (Å²) in [6.07, 6.45) is 8.26. The second kappa shape index (κ2) is 10.4. The van der Waals surface area contributed by atoms with Gasteiger partial charge in [0, 0.05) is 12.6 Å². The Balaban J connectivity index is 1.53. The van der Waals surface area contributed by atoms with Gasteiger partial charge in [0.1, 0.15) is 0 Å². The van der Waals surface area contributed by atoms with Crippen LogP contribution in [-0.2, 0) is 0 Å². The number of aliphatic hydroxyl groups is 2. The van der Waals surface area contributed by atoms with Crippen molar-refractivity contribution < 1.29 is 10.2 Å². The Hall–Kier alpha value is -0.940. The van der Waals surface area contributed by atoms with E-state index >= 15 is 0 Å². The highest BCUT2D eigenvalue weighted by atomic mass is 16.3. The molecule has 4 atom stereocenters. The number of hydrogen-bond acceptors (Lipinski definition) is 4. The lowest BCUT2D eigenvalue weighted by molar-refractivity contribution is 0.0435. The summed E-state index contributed by atoms with van der Waals surface area (Å²) >= 11 is 0. The average molecular weight is 361 g/mol. The Morgan fingerprint density at radius 1 is 1.00 bits per heavy atom. The van der Waals surface area contributed by atoms with E-state index in [0.717, 1.165) is 38.2 Å². The zero-order chi connectivity index (χ0) is 18.2. The van der Waals surface area contributed by atoms with Gasteiger partial charge in [-0.15, -0.1) is 0 Å². The van der Waals surface area contributed by atoms with Crippen molar-refractivity contribution in [2.45, 2.75) is 57.1 Å². The average Bonchev–Trinajstić information content (AvgIpc) is 2.72. The Labute approximate surface area is 158 Å². The van der Waals surface area contributed by atoms with Crippen molar-refractivity contribution in [3.05, 3.63) is 35.9 Å². The molecule has 4 nitrogen and oxygen atoms in total. The van der Waals surface area contributed by atoms with E-state index in [-0.39, 0.29) is 18.8 Å². The fraction of sp³-hybridized carbons (Fsp3) is 0.727. The molecular formula is C22H36N2O2. The summed E-state index contributed by atoms with van der Waals surface area (Å²) < 4.78 is 0. The molecule has 4 heteroatoms. The van der Waals surface area contributed by atoms with Crippen molar-refractivity contribution in [2.24, 2.45) is 11.8 Å². The number of piperidine rings is 1. The lowest BCUT2D eigenvalue weighted by Crippen LogP contribution is -2.47. The predicted molar refractivity (Wildman–Crippen MR) is 106 cm³/mol. The molecular weight excluding hydrogens is 324 g/mol. The molecule has 3 N–H and O–H groups in total. The standard InChI is InChI=1S/C22H36N2O2/c25-17-20(16-24-13-7-2-8-14-24)23-15-19-11-5-6-12-21(19)22(26)18-9-3-1-4-10-18/h1,3-4,9-10,19-23,25-26H,2,5-8,11-17H2/t19-,20?,21+,22?/m1/s1. The minimum atomic E-state index is -0.377. The number of likely N-dealkylation sites (tertiary alicyclic amines) is 1. The number of nitrogens with one attached hydrogen (secondary N) is 1. The molecule has 1 aromatic rings. The van der Waals surface area contributed by atoms with Gasteiger partial charge in [0.25, 0.3) is 0 Å². The number of nitrogens with zero attached hydrogens (tertiary/aromatic N) is 1. The first-order valence-electron chi connectivity index (χ1n) is 10.6. The van der Waals surface area contributed by atoms with Gasteiger partial charge in [-0.25, -0.2) is 0 Å². The minimum Gasteiger partial charge on any atom is -0.395 e. The van der Waals surface area contributed by atoms with E-state index in [1.165, 1.54) is 38.5 Å². The largest absolute Gasteiger partial charge is 0.395 e. The normalized spacial score (nSPS) is 27.2. The molecule has 0 radical (unpaired) electrons. The lowest BCUT2D eigenvalue weighted by Gasteiger charge is -2.37. The minimum absolute atomic E-state index is 0.143. The summed E-state index contributed by atoms with van der Waals surface area (Å²) in [6.45, 7) is 4.35. The molecule has 1 aromatic carbocycles. The fourth-order valence-corrected chi connectivity index (χ4v) is 4.76. The van der Waals surface area contributed by atoms with E-state index in [2.05, 4.69) is 10.2 Å². The second-order valence-electron chi connectivity index (χ2n) is 8.21. The maximum absolute atomic E-state index is 10.9. The first-order chi connectivity index (χ1) is 12.8. The van der Waals surface area contributed by atoms with Crippen molar-refractivity contribution in [1.29, 1.82) is 0 Å².